The van der Waals surface area contributed by atoms with E-state index in [4.69, 9.17) is 4.74 Å². The number of methoxy groups -OCH3 is 1. The Morgan fingerprint density at radius 2 is 1.67 bits per heavy atom. The molecule has 2 N–H and O–H groups in total. The van der Waals surface area contributed by atoms with Gasteiger partial charge >= 0.3 is 0 Å². The summed E-state index contributed by atoms with van der Waals surface area (Å²) in [5.41, 5.74) is 1.92. The average Bonchev–Trinajstić information content (AvgIpc) is 2.38. The van der Waals surface area contributed by atoms with Crippen LogP contribution in [-0.2, 0) is 12.8 Å². The number of aryl methyl sites for hydroxylation is 2. The zero-order valence-corrected chi connectivity index (χ0v) is 10.3. The number of rotatable bonds is 4. The van der Waals surface area contributed by atoms with Crippen molar-refractivity contribution in [3.8, 4) is 17.2 Å². The molecule has 0 aliphatic carbocycles. The molecule has 0 bridgehead atoms. The predicted octanol–water partition coefficient (Wildman–Crippen LogP) is 2.89. The van der Waals surface area contributed by atoms with Gasteiger partial charge < -0.3 is 14.9 Å². The molecule has 0 heterocycles. The lowest BCUT2D eigenvalue weighted by atomic mass is 10.0. The summed E-state index contributed by atoms with van der Waals surface area (Å²) in [6.45, 7) is 0. The molecule has 0 saturated carbocycles. The van der Waals surface area contributed by atoms with Crippen LogP contribution in [0.5, 0.6) is 17.2 Å². The SMILES string of the molecule is COc1ccccc1CCc1ccc(O)cc1O. The Morgan fingerprint density at radius 3 is 2.39 bits per heavy atom. The lowest BCUT2D eigenvalue weighted by Crippen LogP contribution is -1.95. The van der Waals surface area contributed by atoms with Crippen LogP contribution in [0, 0.1) is 0 Å². The van der Waals surface area contributed by atoms with Crippen molar-refractivity contribution in [2.24, 2.45) is 0 Å². The molecule has 18 heavy (non-hydrogen) atoms. The van der Waals surface area contributed by atoms with Crippen LogP contribution >= 0.6 is 0 Å². The second-order valence-electron chi connectivity index (χ2n) is 4.12. The Bertz CT molecular complexity index is 535. The van der Waals surface area contributed by atoms with E-state index >= 15 is 0 Å². The third kappa shape index (κ3) is 2.74. The lowest BCUT2D eigenvalue weighted by Gasteiger charge is -2.09. The van der Waals surface area contributed by atoms with Crippen LogP contribution in [0.1, 0.15) is 11.1 Å². The molecule has 0 atom stereocenters. The minimum atomic E-state index is 0.0774. The van der Waals surface area contributed by atoms with Crippen molar-refractivity contribution >= 4 is 0 Å². The zero-order chi connectivity index (χ0) is 13.0. The lowest BCUT2D eigenvalue weighted by molar-refractivity contribution is 0.409. The number of para-hydroxylation sites is 1. The molecule has 3 heteroatoms. The first-order chi connectivity index (χ1) is 8.70. The fourth-order valence-corrected chi connectivity index (χ4v) is 1.94. The van der Waals surface area contributed by atoms with Crippen LogP contribution in [0.15, 0.2) is 42.5 Å². The van der Waals surface area contributed by atoms with Crippen molar-refractivity contribution in [3.63, 3.8) is 0 Å². The van der Waals surface area contributed by atoms with E-state index in [-0.39, 0.29) is 11.5 Å². The molecular weight excluding hydrogens is 228 g/mol. The van der Waals surface area contributed by atoms with E-state index in [0.717, 1.165) is 23.3 Å². The monoisotopic (exact) mass is 244 g/mol. The number of hydrogen-bond acceptors (Lipinski definition) is 3. The van der Waals surface area contributed by atoms with Gasteiger partial charge in [-0.1, -0.05) is 24.3 Å². The maximum Gasteiger partial charge on any atom is 0.122 e. The molecule has 0 unspecified atom stereocenters. The highest BCUT2D eigenvalue weighted by Crippen LogP contribution is 2.25. The first-order valence-electron chi connectivity index (χ1n) is 5.83. The molecule has 3 nitrogen and oxygen atoms in total. The van der Waals surface area contributed by atoms with Gasteiger partial charge in [-0.25, -0.2) is 0 Å². The molecule has 94 valence electrons. The third-order valence-electron chi connectivity index (χ3n) is 2.93. The Balaban J connectivity index is 2.11. The molecule has 2 aromatic carbocycles. The first kappa shape index (κ1) is 12.3. The van der Waals surface area contributed by atoms with Crippen molar-refractivity contribution in [1.29, 1.82) is 0 Å². The van der Waals surface area contributed by atoms with Crippen LogP contribution in [0.2, 0.25) is 0 Å². The highest BCUT2D eigenvalue weighted by Gasteiger charge is 2.05. The van der Waals surface area contributed by atoms with Gasteiger partial charge in [0.25, 0.3) is 0 Å². The number of benzene rings is 2. The van der Waals surface area contributed by atoms with Gasteiger partial charge in [0.05, 0.1) is 7.11 Å². The summed E-state index contributed by atoms with van der Waals surface area (Å²) >= 11 is 0. The van der Waals surface area contributed by atoms with E-state index < -0.39 is 0 Å². The quantitative estimate of drug-likeness (QED) is 0.869. The Labute approximate surface area is 106 Å². The summed E-state index contributed by atoms with van der Waals surface area (Å²) in [7, 11) is 1.65. The van der Waals surface area contributed by atoms with Crippen molar-refractivity contribution in [3.05, 3.63) is 53.6 Å². The Morgan fingerprint density at radius 1 is 0.944 bits per heavy atom. The van der Waals surface area contributed by atoms with Gasteiger partial charge in [0.2, 0.25) is 0 Å². The van der Waals surface area contributed by atoms with E-state index in [1.807, 2.05) is 24.3 Å². The fraction of sp³-hybridized carbons (Fsp3) is 0.200. The van der Waals surface area contributed by atoms with Crippen LogP contribution in [-0.4, -0.2) is 17.3 Å². The van der Waals surface area contributed by atoms with Gasteiger partial charge in [-0.05, 0) is 36.1 Å². The Kier molecular flexibility index (Phi) is 3.72. The normalized spacial score (nSPS) is 10.3. The van der Waals surface area contributed by atoms with E-state index in [1.54, 1.807) is 19.2 Å². The number of ether oxygens (including phenoxy) is 1. The highest BCUT2D eigenvalue weighted by atomic mass is 16.5. The van der Waals surface area contributed by atoms with Crippen LogP contribution in [0.3, 0.4) is 0 Å². The molecule has 0 fully saturated rings. The minimum Gasteiger partial charge on any atom is -0.508 e. The number of phenols is 2. The van der Waals surface area contributed by atoms with Crippen LogP contribution < -0.4 is 4.74 Å². The topological polar surface area (TPSA) is 49.7 Å². The van der Waals surface area contributed by atoms with E-state index in [0.29, 0.717) is 6.42 Å². The van der Waals surface area contributed by atoms with Crippen molar-refractivity contribution < 1.29 is 14.9 Å². The molecule has 0 amide bonds. The number of hydrogen-bond donors (Lipinski definition) is 2. The second kappa shape index (κ2) is 5.45. The molecular formula is C15H16O3. The molecule has 0 radical (unpaired) electrons. The standard InChI is InChI=1S/C15H16O3/c1-18-15-5-3-2-4-12(15)7-6-11-8-9-13(16)10-14(11)17/h2-5,8-10,16-17H,6-7H2,1H3. The molecule has 0 aliphatic heterocycles. The van der Waals surface area contributed by atoms with Gasteiger partial charge in [-0.2, -0.15) is 0 Å². The minimum absolute atomic E-state index is 0.0774. The first-order valence-corrected chi connectivity index (χ1v) is 5.83. The Hall–Kier alpha value is -2.16. The molecule has 0 aromatic heterocycles. The summed E-state index contributed by atoms with van der Waals surface area (Å²) in [5.74, 6) is 1.06. The fourth-order valence-electron chi connectivity index (χ4n) is 1.94. The molecule has 2 aromatic rings. The third-order valence-corrected chi connectivity index (χ3v) is 2.93. The zero-order valence-electron chi connectivity index (χ0n) is 10.3. The van der Waals surface area contributed by atoms with Crippen LogP contribution in [0.25, 0.3) is 0 Å². The van der Waals surface area contributed by atoms with Gasteiger partial charge in [-0.15, -0.1) is 0 Å². The summed E-state index contributed by atoms with van der Waals surface area (Å²) < 4.78 is 5.28. The predicted molar refractivity (Wildman–Crippen MR) is 70.2 cm³/mol. The molecule has 2 rings (SSSR count). The highest BCUT2D eigenvalue weighted by molar-refractivity contribution is 5.40. The van der Waals surface area contributed by atoms with Crippen molar-refractivity contribution in [1.82, 2.24) is 0 Å². The van der Waals surface area contributed by atoms with Gasteiger partial charge in [0.15, 0.2) is 0 Å². The molecule has 0 aliphatic rings. The van der Waals surface area contributed by atoms with Crippen molar-refractivity contribution in [2.45, 2.75) is 12.8 Å². The number of aromatic hydroxyl groups is 2. The van der Waals surface area contributed by atoms with Crippen LogP contribution in [0.4, 0.5) is 0 Å². The van der Waals surface area contributed by atoms with Crippen molar-refractivity contribution in [2.75, 3.05) is 7.11 Å². The van der Waals surface area contributed by atoms with Gasteiger partial charge in [0, 0.05) is 6.07 Å². The maximum atomic E-state index is 9.70. The van der Waals surface area contributed by atoms with E-state index in [9.17, 15) is 10.2 Å². The van der Waals surface area contributed by atoms with Gasteiger partial charge in [0.1, 0.15) is 17.2 Å². The summed E-state index contributed by atoms with van der Waals surface area (Å²) in [4.78, 5) is 0. The second-order valence-corrected chi connectivity index (χ2v) is 4.12. The summed E-state index contributed by atoms with van der Waals surface area (Å²) in [6.07, 6.45) is 1.48. The largest absolute Gasteiger partial charge is 0.508 e. The van der Waals surface area contributed by atoms with E-state index in [1.165, 1.54) is 6.07 Å². The summed E-state index contributed by atoms with van der Waals surface area (Å²) in [5, 5.41) is 18.9. The van der Waals surface area contributed by atoms with Gasteiger partial charge in [-0.3, -0.25) is 0 Å². The smallest absolute Gasteiger partial charge is 0.122 e. The molecule has 0 spiro atoms. The van der Waals surface area contributed by atoms with E-state index in [2.05, 4.69) is 0 Å². The summed E-state index contributed by atoms with van der Waals surface area (Å²) in [6, 6.07) is 12.5. The number of phenolic OH excluding ortho intramolecular Hbond substituents is 2. The maximum absolute atomic E-state index is 9.70. The average molecular weight is 244 g/mol. The molecule has 0 saturated heterocycles.